The van der Waals surface area contributed by atoms with Gasteiger partial charge < -0.3 is 29.9 Å². The highest BCUT2D eigenvalue weighted by Gasteiger charge is 2.28. The fourth-order valence-corrected chi connectivity index (χ4v) is 6.70. The summed E-state index contributed by atoms with van der Waals surface area (Å²) in [5.74, 6) is 1.80. The molecule has 6 rings (SSSR count). The summed E-state index contributed by atoms with van der Waals surface area (Å²) >= 11 is 0. The molecule has 4 fully saturated rings. The summed E-state index contributed by atoms with van der Waals surface area (Å²) < 4.78 is 27.1. The van der Waals surface area contributed by atoms with Gasteiger partial charge in [0.15, 0.2) is 0 Å². The molecule has 0 radical (unpaired) electrons. The molecule has 1 saturated carbocycles. The van der Waals surface area contributed by atoms with Crippen LogP contribution in [0.1, 0.15) is 73.2 Å². The molecule has 4 aliphatic rings. The van der Waals surface area contributed by atoms with Crippen molar-refractivity contribution in [2.75, 3.05) is 57.3 Å². The van der Waals surface area contributed by atoms with Crippen LogP contribution in [-0.2, 0) is 0 Å². The fourth-order valence-electron chi connectivity index (χ4n) is 6.70. The summed E-state index contributed by atoms with van der Waals surface area (Å²) in [6.45, 7) is 6.66. The lowest BCUT2D eigenvalue weighted by molar-refractivity contribution is 0.0595. The van der Waals surface area contributed by atoms with Crippen molar-refractivity contribution in [1.82, 2.24) is 15.5 Å². The van der Waals surface area contributed by atoms with Gasteiger partial charge in [-0.1, -0.05) is 19.3 Å². The van der Waals surface area contributed by atoms with Gasteiger partial charge in [-0.05, 0) is 61.6 Å². The molecule has 2 aromatic rings. The van der Waals surface area contributed by atoms with Crippen molar-refractivity contribution in [1.29, 1.82) is 0 Å². The third kappa shape index (κ3) is 6.55. The zero-order chi connectivity index (χ0) is 27.3. The number of amides is 1. The molecule has 1 aliphatic carbocycles. The van der Waals surface area contributed by atoms with Crippen LogP contribution in [0, 0.1) is 5.82 Å². The standard InChI is InChI=1S/C32H43FN4O3/c33-25-19-26(36-16-12-34-13-17-36)21-29(20-25)39-27-9-14-37(15-10-27)32(38)24-6-7-31(40-28-8-11-35-22-28)30(18-24)23-4-2-1-3-5-23/h6-7,18-21,23,27-28,34-35H,1-5,8-17,22H2/t28-/m0/s1. The number of ether oxygens (including phenoxy) is 2. The van der Waals surface area contributed by atoms with E-state index < -0.39 is 0 Å². The summed E-state index contributed by atoms with van der Waals surface area (Å²) in [5, 5.41) is 6.72. The molecule has 3 saturated heterocycles. The molecule has 2 N–H and O–H groups in total. The molecular weight excluding hydrogens is 507 g/mol. The van der Waals surface area contributed by atoms with E-state index in [1.807, 2.05) is 23.1 Å². The zero-order valence-corrected chi connectivity index (χ0v) is 23.5. The second-order valence-corrected chi connectivity index (χ2v) is 11.8. The molecule has 3 heterocycles. The van der Waals surface area contributed by atoms with Gasteiger partial charge in [-0.15, -0.1) is 0 Å². The maximum Gasteiger partial charge on any atom is 0.253 e. The van der Waals surface area contributed by atoms with Gasteiger partial charge in [-0.3, -0.25) is 4.79 Å². The van der Waals surface area contributed by atoms with Gasteiger partial charge in [-0.2, -0.15) is 0 Å². The molecule has 40 heavy (non-hydrogen) atoms. The van der Waals surface area contributed by atoms with Crippen LogP contribution in [0.4, 0.5) is 10.1 Å². The molecule has 1 atom stereocenters. The number of halogens is 1. The molecule has 0 spiro atoms. The number of benzene rings is 2. The highest BCUT2D eigenvalue weighted by Crippen LogP contribution is 2.39. The fraction of sp³-hybridized carbons (Fsp3) is 0.594. The zero-order valence-electron chi connectivity index (χ0n) is 23.5. The van der Waals surface area contributed by atoms with Crippen LogP contribution < -0.4 is 25.0 Å². The monoisotopic (exact) mass is 550 g/mol. The molecule has 0 aromatic heterocycles. The minimum Gasteiger partial charge on any atom is -0.490 e. The predicted octanol–water partition coefficient (Wildman–Crippen LogP) is 4.71. The predicted molar refractivity (Wildman–Crippen MR) is 155 cm³/mol. The van der Waals surface area contributed by atoms with Crippen molar-refractivity contribution in [3.05, 3.63) is 53.3 Å². The number of carbonyl (C=O) groups is 1. The summed E-state index contributed by atoms with van der Waals surface area (Å²) in [6.07, 6.45) is 8.75. The topological polar surface area (TPSA) is 66.1 Å². The normalized spacial score (nSPS) is 22.9. The van der Waals surface area contributed by atoms with Crippen molar-refractivity contribution in [2.24, 2.45) is 0 Å². The van der Waals surface area contributed by atoms with Gasteiger partial charge in [0.25, 0.3) is 5.91 Å². The molecule has 0 bridgehead atoms. The minimum atomic E-state index is -0.274. The van der Waals surface area contributed by atoms with E-state index in [4.69, 9.17) is 9.47 Å². The Morgan fingerprint density at radius 1 is 0.800 bits per heavy atom. The minimum absolute atomic E-state index is 0.0321. The van der Waals surface area contributed by atoms with E-state index in [1.165, 1.54) is 30.9 Å². The van der Waals surface area contributed by atoms with E-state index >= 15 is 0 Å². The number of nitrogens with zero attached hydrogens (tertiary/aromatic N) is 2. The van der Waals surface area contributed by atoms with Crippen LogP contribution in [0.2, 0.25) is 0 Å². The first-order chi connectivity index (χ1) is 19.6. The van der Waals surface area contributed by atoms with E-state index in [0.717, 1.165) is 88.4 Å². The summed E-state index contributed by atoms with van der Waals surface area (Å²) in [4.78, 5) is 17.7. The molecule has 2 aromatic carbocycles. The van der Waals surface area contributed by atoms with Gasteiger partial charge in [0.1, 0.15) is 29.5 Å². The smallest absolute Gasteiger partial charge is 0.253 e. The van der Waals surface area contributed by atoms with Gasteiger partial charge in [0, 0.05) is 82.0 Å². The number of anilines is 1. The van der Waals surface area contributed by atoms with Crippen LogP contribution in [0.5, 0.6) is 11.5 Å². The van der Waals surface area contributed by atoms with Crippen LogP contribution in [0.25, 0.3) is 0 Å². The molecule has 0 unspecified atom stereocenters. The number of hydrogen-bond donors (Lipinski definition) is 2. The van der Waals surface area contributed by atoms with E-state index in [2.05, 4.69) is 21.6 Å². The first-order valence-corrected chi connectivity index (χ1v) is 15.4. The summed E-state index contributed by atoms with van der Waals surface area (Å²) in [6, 6.07) is 11.1. The highest BCUT2D eigenvalue weighted by atomic mass is 19.1. The molecule has 216 valence electrons. The Kier molecular flexibility index (Phi) is 8.73. The van der Waals surface area contributed by atoms with Gasteiger partial charge in [0.05, 0.1) is 0 Å². The van der Waals surface area contributed by atoms with Crippen LogP contribution in [0.15, 0.2) is 36.4 Å². The average molecular weight is 551 g/mol. The SMILES string of the molecule is O=C(c1ccc(O[C@H]2CCNC2)c(C2CCCCC2)c1)N1CCC(Oc2cc(F)cc(N3CCNCC3)c2)CC1. The molecule has 8 heteroatoms. The average Bonchev–Trinajstić information content (AvgIpc) is 3.51. The van der Waals surface area contributed by atoms with Crippen molar-refractivity contribution in [3.8, 4) is 11.5 Å². The Labute approximate surface area is 237 Å². The number of carbonyl (C=O) groups excluding carboxylic acids is 1. The number of piperazine rings is 1. The third-order valence-corrected chi connectivity index (χ3v) is 8.98. The van der Waals surface area contributed by atoms with E-state index in [1.54, 1.807) is 6.07 Å². The Morgan fingerprint density at radius 3 is 2.35 bits per heavy atom. The van der Waals surface area contributed by atoms with Gasteiger partial charge in [-0.25, -0.2) is 4.39 Å². The maximum absolute atomic E-state index is 14.4. The quantitative estimate of drug-likeness (QED) is 0.521. The highest BCUT2D eigenvalue weighted by molar-refractivity contribution is 5.94. The lowest BCUT2D eigenvalue weighted by atomic mass is 9.83. The number of hydrogen-bond acceptors (Lipinski definition) is 6. The number of piperidine rings is 1. The van der Waals surface area contributed by atoms with Crippen LogP contribution >= 0.6 is 0 Å². The van der Waals surface area contributed by atoms with Gasteiger partial charge in [0.2, 0.25) is 0 Å². The first-order valence-electron chi connectivity index (χ1n) is 15.4. The third-order valence-electron chi connectivity index (χ3n) is 8.98. The van der Waals surface area contributed by atoms with E-state index in [-0.39, 0.29) is 23.9 Å². The lowest BCUT2D eigenvalue weighted by Crippen LogP contribution is -2.43. The van der Waals surface area contributed by atoms with Crippen molar-refractivity contribution >= 4 is 11.6 Å². The van der Waals surface area contributed by atoms with E-state index in [0.29, 0.717) is 24.8 Å². The Hall–Kier alpha value is -2.84. The second kappa shape index (κ2) is 12.8. The number of likely N-dealkylation sites (tertiary alicyclic amines) is 1. The Bertz CT molecular complexity index is 1150. The van der Waals surface area contributed by atoms with E-state index in [9.17, 15) is 9.18 Å². The van der Waals surface area contributed by atoms with Crippen LogP contribution in [0.3, 0.4) is 0 Å². The maximum atomic E-state index is 14.4. The largest absolute Gasteiger partial charge is 0.490 e. The second-order valence-electron chi connectivity index (χ2n) is 11.8. The lowest BCUT2D eigenvalue weighted by Gasteiger charge is -2.33. The number of rotatable bonds is 7. The first kappa shape index (κ1) is 27.3. The molecule has 3 aliphatic heterocycles. The van der Waals surface area contributed by atoms with Crippen molar-refractivity contribution in [2.45, 2.75) is 69.5 Å². The molecule has 7 nitrogen and oxygen atoms in total. The Morgan fingerprint density at radius 2 is 1.60 bits per heavy atom. The van der Waals surface area contributed by atoms with Crippen molar-refractivity contribution < 1.29 is 18.7 Å². The summed E-state index contributed by atoms with van der Waals surface area (Å²) in [5.41, 5.74) is 2.83. The molecular formula is C32H43FN4O3. The Balaban J connectivity index is 1.09. The van der Waals surface area contributed by atoms with Crippen molar-refractivity contribution in [3.63, 3.8) is 0 Å². The summed E-state index contributed by atoms with van der Waals surface area (Å²) in [7, 11) is 0. The van der Waals surface area contributed by atoms with Crippen LogP contribution in [-0.4, -0.2) is 75.4 Å². The molecule has 1 amide bonds. The number of nitrogens with one attached hydrogen (secondary N) is 2. The van der Waals surface area contributed by atoms with Gasteiger partial charge >= 0.3 is 0 Å².